The lowest BCUT2D eigenvalue weighted by Crippen LogP contribution is -2.06. The SMILES string of the molecule is CCCCCCCCCC(C)C=CCC(CC)CCC(C)CC(C)CCCCC. The molecule has 0 aliphatic rings. The summed E-state index contributed by atoms with van der Waals surface area (Å²) >= 11 is 0. The molecule has 0 spiro atoms. The average molecular weight is 407 g/mol. The van der Waals surface area contributed by atoms with Crippen LogP contribution < -0.4 is 0 Å². The number of hydrogen-bond donors (Lipinski definition) is 0. The zero-order chi connectivity index (χ0) is 21.7. The van der Waals surface area contributed by atoms with Gasteiger partial charge in [-0.25, -0.2) is 0 Å². The number of allylic oxidation sites excluding steroid dienone is 2. The van der Waals surface area contributed by atoms with Crippen LogP contribution in [0, 0.1) is 23.7 Å². The summed E-state index contributed by atoms with van der Waals surface area (Å²) < 4.78 is 0. The lowest BCUT2D eigenvalue weighted by Gasteiger charge is -2.20. The minimum Gasteiger partial charge on any atom is -0.0880 e. The molecule has 0 N–H and O–H groups in total. The Morgan fingerprint density at radius 3 is 1.79 bits per heavy atom. The lowest BCUT2D eigenvalue weighted by atomic mass is 9.86. The third kappa shape index (κ3) is 19.4. The molecule has 0 aromatic heterocycles. The third-order valence-corrected chi connectivity index (χ3v) is 6.95. The third-order valence-electron chi connectivity index (χ3n) is 6.95. The number of rotatable bonds is 21. The Bertz CT molecular complexity index is 342. The Morgan fingerprint density at radius 2 is 1.14 bits per heavy atom. The summed E-state index contributed by atoms with van der Waals surface area (Å²) in [6.07, 6.45) is 29.0. The average Bonchev–Trinajstić information content (AvgIpc) is 2.70. The van der Waals surface area contributed by atoms with Gasteiger partial charge in [0.15, 0.2) is 0 Å². The van der Waals surface area contributed by atoms with Gasteiger partial charge in [0, 0.05) is 0 Å². The lowest BCUT2D eigenvalue weighted by molar-refractivity contribution is 0.333. The van der Waals surface area contributed by atoms with Gasteiger partial charge in [-0.05, 0) is 49.4 Å². The molecule has 0 nitrogen and oxygen atoms in total. The summed E-state index contributed by atoms with van der Waals surface area (Å²) in [6.45, 7) is 14.4. The molecule has 0 saturated carbocycles. The first-order chi connectivity index (χ1) is 14.0. The van der Waals surface area contributed by atoms with E-state index in [1.54, 1.807) is 0 Å². The molecule has 0 fully saturated rings. The highest BCUT2D eigenvalue weighted by atomic mass is 14.2. The standard InChI is InChI=1S/C29H58/c1-7-10-12-13-14-15-17-19-26(4)21-18-22-29(9-3)24-23-28(6)25-27(5)20-16-11-8-2/h18,21,26-29H,7-17,19-20,22-25H2,1-6H3. The molecule has 0 aliphatic heterocycles. The molecule has 4 atom stereocenters. The van der Waals surface area contributed by atoms with Crippen LogP contribution in [0.3, 0.4) is 0 Å². The van der Waals surface area contributed by atoms with Crippen LogP contribution in [0.1, 0.15) is 151 Å². The smallest absolute Gasteiger partial charge is 0.0262 e. The van der Waals surface area contributed by atoms with Gasteiger partial charge in [-0.2, -0.15) is 0 Å². The quantitative estimate of drug-likeness (QED) is 0.131. The van der Waals surface area contributed by atoms with Gasteiger partial charge in [-0.3, -0.25) is 0 Å². The topological polar surface area (TPSA) is 0 Å². The predicted octanol–water partition coefficient (Wildman–Crippen LogP) is 10.8. The maximum Gasteiger partial charge on any atom is -0.0262 e. The fraction of sp³-hybridized carbons (Fsp3) is 0.931. The molecule has 174 valence electrons. The molecule has 0 aliphatic carbocycles. The second-order valence-corrected chi connectivity index (χ2v) is 10.3. The summed E-state index contributed by atoms with van der Waals surface area (Å²) in [6, 6.07) is 0. The molecule has 0 aromatic rings. The molecule has 29 heavy (non-hydrogen) atoms. The van der Waals surface area contributed by atoms with E-state index in [2.05, 4.69) is 53.7 Å². The van der Waals surface area contributed by atoms with Gasteiger partial charge >= 0.3 is 0 Å². The zero-order valence-corrected chi connectivity index (χ0v) is 21.5. The second-order valence-electron chi connectivity index (χ2n) is 10.3. The largest absolute Gasteiger partial charge is 0.0880 e. The monoisotopic (exact) mass is 406 g/mol. The van der Waals surface area contributed by atoms with Crippen LogP contribution >= 0.6 is 0 Å². The Hall–Kier alpha value is -0.260. The van der Waals surface area contributed by atoms with E-state index in [4.69, 9.17) is 0 Å². The van der Waals surface area contributed by atoms with Crippen LogP contribution in [0.25, 0.3) is 0 Å². The minimum atomic E-state index is 0.769. The van der Waals surface area contributed by atoms with Crippen LogP contribution in [0.2, 0.25) is 0 Å². The van der Waals surface area contributed by atoms with Gasteiger partial charge in [0.1, 0.15) is 0 Å². The first-order valence-corrected chi connectivity index (χ1v) is 13.7. The fourth-order valence-corrected chi connectivity index (χ4v) is 4.70. The van der Waals surface area contributed by atoms with Crippen molar-refractivity contribution in [3.05, 3.63) is 12.2 Å². The molecule has 0 saturated heterocycles. The van der Waals surface area contributed by atoms with Crippen molar-refractivity contribution in [3.8, 4) is 0 Å². The van der Waals surface area contributed by atoms with Crippen molar-refractivity contribution in [1.82, 2.24) is 0 Å². The summed E-state index contributed by atoms with van der Waals surface area (Å²) in [5.41, 5.74) is 0. The summed E-state index contributed by atoms with van der Waals surface area (Å²) in [4.78, 5) is 0. The molecule has 0 heterocycles. The molecule has 0 aromatic carbocycles. The van der Waals surface area contributed by atoms with Crippen molar-refractivity contribution < 1.29 is 0 Å². The molecular formula is C29H58. The van der Waals surface area contributed by atoms with Gasteiger partial charge in [0.25, 0.3) is 0 Å². The van der Waals surface area contributed by atoms with Crippen molar-refractivity contribution >= 4 is 0 Å². The van der Waals surface area contributed by atoms with Gasteiger partial charge in [0.05, 0.1) is 0 Å². The predicted molar refractivity (Wildman–Crippen MR) is 136 cm³/mol. The molecule has 0 amide bonds. The Morgan fingerprint density at radius 1 is 0.586 bits per heavy atom. The van der Waals surface area contributed by atoms with Gasteiger partial charge in [-0.15, -0.1) is 0 Å². The molecule has 0 rings (SSSR count). The maximum absolute atomic E-state index is 2.51. The van der Waals surface area contributed by atoms with E-state index in [0.717, 1.165) is 23.7 Å². The molecular weight excluding hydrogens is 348 g/mol. The maximum atomic E-state index is 2.51. The van der Waals surface area contributed by atoms with E-state index in [1.807, 2.05) is 0 Å². The highest BCUT2D eigenvalue weighted by Gasteiger charge is 2.12. The van der Waals surface area contributed by atoms with Gasteiger partial charge in [-0.1, -0.05) is 137 Å². The van der Waals surface area contributed by atoms with Crippen molar-refractivity contribution in [2.24, 2.45) is 23.7 Å². The summed E-state index contributed by atoms with van der Waals surface area (Å²) in [5, 5.41) is 0. The van der Waals surface area contributed by atoms with E-state index in [0.29, 0.717) is 0 Å². The first kappa shape index (κ1) is 28.7. The molecule has 0 bridgehead atoms. The zero-order valence-electron chi connectivity index (χ0n) is 21.5. The molecule has 0 heteroatoms. The Labute approximate surface area is 186 Å². The Kier molecular flexibility index (Phi) is 20.8. The van der Waals surface area contributed by atoms with E-state index in [9.17, 15) is 0 Å². The van der Waals surface area contributed by atoms with E-state index in [1.165, 1.54) is 109 Å². The molecule has 4 unspecified atom stereocenters. The van der Waals surface area contributed by atoms with Crippen molar-refractivity contribution in [1.29, 1.82) is 0 Å². The van der Waals surface area contributed by atoms with E-state index >= 15 is 0 Å². The van der Waals surface area contributed by atoms with Crippen LogP contribution in [0.4, 0.5) is 0 Å². The number of unbranched alkanes of at least 4 members (excludes halogenated alkanes) is 8. The fourth-order valence-electron chi connectivity index (χ4n) is 4.70. The van der Waals surface area contributed by atoms with Crippen LogP contribution in [-0.4, -0.2) is 0 Å². The van der Waals surface area contributed by atoms with Crippen molar-refractivity contribution in [2.75, 3.05) is 0 Å². The van der Waals surface area contributed by atoms with Crippen LogP contribution in [0.5, 0.6) is 0 Å². The normalized spacial score (nSPS) is 16.2. The number of hydrogen-bond acceptors (Lipinski definition) is 0. The minimum absolute atomic E-state index is 0.769. The highest BCUT2D eigenvalue weighted by Crippen LogP contribution is 2.25. The van der Waals surface area contributed by atoms with Gasteiger partial charge < -0.3 is 0 Å². The van der Waals surface area contributed by atoms with Crippen molar-refractivity contribution in [3.63, 3.8) is 0 Å². The van der Waals surface area contributed by atoms with Crippen LogP contribution in [-0.2, 0) is 0 Å². The Balaban J connectivity index is 3.84. The summed E-state index contributed by atoms with van der Waals surface area (Å²) in [5.74, 6) is 3.49. The summed E-state index contributed by atoms with van der Waals surface area (Å²) in [7, 11) is 0. The van der Waals surface area contributed by atoms with Gasteiger partial charge in [0.2, 0.25) is 0 Å². The first-order valence-electron chi connectivity index (χ1n) is 13.7. The second kappa shape index (κ2) is 21.0. The van der Waals surface area contributed by atoms with Crippen LogP contribution in [0.15, 0.2) is 12.2 Å². The van der Waals surface area contributed by atoms with E-state index < -0.39 is 0 Å². The molecule has 0 radical (unpaired) electrons. The highest BCUT2D eigenvalue weighted by molar-refractivity contribution is 4.88. The van der Waals surface area contributed by atoms with E-state index in [-0.39, 0.29) is 0 Å². The van der Waals surface area contributed by atoms with Crippen molar-refractivity contribution in [2.45, 2.75) is 151 Å².